The van der Waals surface area contributed by atoms with Crippen LogP contribution in [0.3, 0.4) is 0 Å². The van der Waals surface area contributed by atoms with E-state index in [-0.39, 0.29) is 30.3 Å². The smallest absolute Gasteiger partial charge is 0.254 e. The van der Waals surface area contributed by atoms with Crippen molar-refractivity contribution in [3.05, 3.63) is 70.8 Å². The highest BCUT2D eigenvalue weighted by Crippen LogP contribution is 2.33. The maximum atomic E-state index is 13.2. The Bertz CT molecular complexity index is 1040. The summed E-state index contributed by atoms with van der Waals surface area (Å²) in [5.41, 5.74) is 4.00. The summed E-state index contributed by atoms with van der Waals surface area (Å²) in [6, 6.07) is 15.9. The van der Waals surface area contributed by atoms with Crippen LogP contribution in [0.15, 0.2) is 48.5 Å². The molecule has 2 aromatic rings. The molecule has 186 valence electrons. The molecule has 4 rings (SSSR count). The Morgan fingerprint density at radius 2 is 1.54 bits per heavy atom. The lowest BCUT2D eigenvalue weighted by atomic mass is 10.0. The highest BCUT2D eigenvalue weighted by atomic mass is 16.2. The average Bonchev–Trinajstić information content (AvgIpc) is 3.40. The Morgan fingerprint density at radius 3 is 2.14 bits per heavy atom. The molecule has 2 aromatic carbocycles. The molecule has 0 spiro atoms. The van der Waals surface area contributed by atoms with Gasteiger partial charge in [0, 0.05) is 45.2 Å². The molecule has 7 nitrogen and oxygen atoms in total. The zero-order chi connectivity index (χ0) is 24.9. The topological polar surface area (TPSA) is 81.8 Å². The van der Waals surface area contributed by atoms with Crippen LogP contribution in [-0.2, 0) is 9.59 Å². The zero-order valence-corrected chi connectivity index (χ0v) is 20.9. The molecule has 2 aliphatic rings. The van der Waals surface area contributed by atoms with Crippen LogP contribution < -0.4 is 10.6 Å². The van der Waals surface area contributed by atoms with E-state index < -0.39 is 0 Å². The number of aryl methyl sites for hydroxylation is 2. The Labute approximate surface area is 207 Å². The second-order valence-electron chi connectivity index (χ2n) is 9.99. The molecule has 3 atom stereocenters. The molecule has 7 heteroatoms. The van der Waals surface area contributed by atoms with E-state index in [0.29, 0.717) is 11.8 Å². The lowest BCUT2D eigenvalue weighted by Gasteiger charge is -2.25. The Morgan fingerprint density at radius 1 is 0.914 bits per heavy atom. The molecule has 0 saturated carbocycles. The van der Waals surface area contributed by atoms with Gasteiger partial charge in [-0.05, 0) is 48.8 Å². The van der Waals surface area contributed by atoms with Crippen LogP contribution in [0.25, 0.3) is 0 Å². The van der Waals surface area contributed by atoms with Gasteiger partial charge in [-0.25, -0.2) is 0 Å². The first-order valence-electron chi connectivity index (χ1n) is 12.5. The van der Waals surface area contributed by atoms with Gasteiger partial charge >= 0.3 is 0 Å². The van der Waals surface area contributed by atoms with Gasteiger partial charge in [0.2, 0.25) is 11.8 Å². The molecule has 0 aromatic heterocycles. The summed E-state index contributed by atoms with van der Waals surface area (Å²) in [6.07, 6.45) is 0.792. The number of nitrogens with zero attached hydrogens (tertiary/aromatic N) is 2. The molecule has 2 fully saturated rings. The highest BCUT2D eigenvalue weighted by Gasteiger charge is 2.42. The second kappa shape index (κ2) is 11.0. The fourth-order valence-electron chi connectivity index (χ4n) is 5.52. The third-order valence-electron chi connectivity index (χ3n) is 7.31. The number of hydrogen-bond acceptors (Lipinski definition) is 4. The molecule has 3 amide bonds. The summed E-state index contributed by atoms with van der Waals surface area (Å²) in [6.45, 7) is 9.85. The largest absolute Gasteiger partial charge is 0.348 e. The van der Waals surface area contributed by atoms with Crippen molar-refractivity contribution in [3.8, 4) is 0 Å². The molecular formula is C28H36N4O3. The van der Waals surface area contributed by atoms with Gasteiger partial charge in [0.05, 0.1) is 12.6 Å². The van der Waals surface area contributed by atoms with Gasteiger partial charge in [-0.15, -0.1) is 0 Å². The van der Waals surface area contributed by atoms with Crippen molar-refractivity contribution in [2.45, 2.75) is 33.2 Å². The van der Waals surface area contributed by atoms with Gasteiger partial charge in [0.25, 0.3) is 5.91 Å². The van der Waals surface area contributed by atoms with Crippen molar-refractivity contribution in [2.24, 2.45) is 11.8 Å². The lowest BCUT2D eigenvalue weighted by molar-refractivity contribution is -0.125. The van der Waals surface area contributed by atoms with E-state index >= 15 is 0 Å². The van der Waals surface area contributed by atoms with E-state index in [1.165, 1.54) is 6.92 Å². The Balaban J connectivity index is 1.32. The highest BCUT2D eigenvalue weighted by molar-refractivity contribution is 5.97. The minimum Gasteiger partial charge on any atom is -0.348 e. The quantitative estimate of drug-likeness (QED) is 0.614. The summed E-state index contributed by atoms with van der Waals surface area (Å²) < 4.78 is 0. The maximum Gasteiger partial charge on any atom is 0.254 e. The number of rotatable bonds is 8. The minimum absolute atomic E-state index is 0.0171. The van der Waals surface area contributed by atoms with Gasteiger partial charge in [-0.1, -0.05) is 48.5 Å². The second-order valence-corrected chi connectivity index (χ2v) is 9.99. The van der Waals surface area contributed by atoms with E-state index in [4.69, 9.17) is 0 Å². The van der Waals surface area contributed by atoms with E-state index in [1.54, 1.807) is 0 Å². The van der Waals surface area contributed by atoms with E-state index in [0.717, 1.165) is 61.4 Å². The number of carbonyl (C=O) groups is 3. The molecule has 0 radical (unpaired) electrons. The van der Waals surface area contributed by atoms with Crippen LogP contribution in [0.4, 0.5) is 0 Å². The first-order valence-corrected chi connectivity index (χ1v) is 12.5. The predicted octanol–water partition coefficient (Wildman–Crippen LogP) is 2.69. The van der Waals surface area contributed by atoms with Gasteiger partial charge in [-0.2, -0.15) is 0 Å². The normalized spacial score (nSPS) is 20.4. The standard InChI is InChI=1S/C28H36N4O3/c1-19-8-7-9-20(2)27(19)28(35)32-17-23-15-31(16-24(23)18-32)13-12-25(22-10-5-4-6-11-22)30-26(34)14-29-21(3)33/h4-11,23-25H,12-18H2,1-3H3,(H,29,33)(H,30,34). The average molecular weight is 477 g/mol. The monoisotopic (exact) mass is 476 g/mol. The third kappa shape index (κ3) is 6.09. The van der Waals surface area contributed by atoms with Crippen molar-refractivity contribution in [2.75, 3.05) is 39.3 Å². The number of fused-ring (bicyclic) bond motifs is 1. The van der Waals surface area contributed by atoms with Gasteiger partial charge in [0.1, 0.15) is 0 Å². The molecule has 0 aliphatic carbocycles. The summed E-state index contributed by atoms with van der Waals surface area (Å²) in [5.74, 6) is 0.742. The van der Waals surface area contributed by atoms with Crippen molar-refractivity contribution >= 4 is 17.7 Å². The summed E-state index contributed by atoms with van der Waals surface area (Å²) >= 11 is 0. The van der Waals surface area contributed by atoms with Gasteiger partial charge in [-0.3, -0.25) is 14.4 Å². The number of likely N-dealkylation sites (tertiary alicyclic amines) is 2. The fraction of sp³-hybridized carbons (Fsp3) is 0.464. The summed E-state index contributed by atoms with van der Waals surface area (Å²) in [7, 11) is 0. The van der Waals surface area contributed by atoms with Crippen molar-refractivity contribution < 1.29 is 14.4 Å². The SMILES string of the molecule is CC(=O)NCC(=O)NC(CCN1CC2CN(C(=O)c3c(C)cccc3C)CC2C1)c1ccccc1. The molecule has 3 unspecified atom stereocenters. The molecule has 2 N–H and O–H groups in total. The van der Waals surface area contributed by atoms with Crippen LogP contribution in [0, 0.1) is 25.7 Å². The van der Waals surface area contributed by atoms with Crippen LogP contribution in [0.5, 0.6) is 0 Å². The molecule has 2 saturated heterocycles. The van der Waals surface area contributed by atoms with Crippen molar-refractivity contribution in [3.63, 3.8) is 0 Å². The first kappa shape index (κ1) is 24.9. The predicted molar refractivity (Wildman–Crippen MR) is 136 cm³/mol. The van der Waals surface area contributed by atoms with E-state index in [9.17, 15) is 14.4 Å². The molecular weight excluding hydrogens is 440 g/mol. The number of amides is 3. The van der Waals surface area contributed by atoms with E-state index in [2.05, 4.69) is 15.5 Å². The number of nitrogens with one attached hydrogen (secondary N) is 2. The minimum atomic E-state index is -0.217. The van der Waals surface area contributed by atoms with Crippen molar-refractivity contribution in [1.82, 2.24) is 20.4 Å². The van der Waals surface area contributed by atoms with Crippen molar-refractivity contribution in [1.29, 1.82) is 0 Å². The summed E-state index contributed by atoms with van der Waals surface area (Å²) in [4.78, 5) is 41.3. The molecule has 0 bridgehead atoms. The van der Waals surface area contributed by atoms with Crippen LogP contribution in [0.2, 0.25) is 0 Å². The first-order chi connectivity index (χ1) is 16.8. The zero-order valence-electron chi connectivity index (χ0n) is 20.9. The van der Waals surface area contributed by atoms with Gasteiger partial charge in [0.15, 0.2) is 0 Å². The van der Waals surface area contributed by atoms with Crippen LogP contribution in [0.1, 0.15) is 46.4 Å². The number of hydrogen-bond donors (Lipinski definition) is 2. The molecule has 35 heavy (non-hydrogen) atoms. The van der Waals surface area contributed by atoms with Crippen LogP contribution in [-0.4, -0.2) is 66.8 Å². The molecule has 2 heterocycles. The fourth-order valence-corrected chi connectivity index (χ4v) is 5.52. The van der Waals surface area contributed by atoms with Gasteiger partial charge < -0.3 is 20.4 Å². The lowest BCUT2D eigenvalue weighted by Crippen LogP contribution is -2.39. The number of benzene rings is 2. The number of carbonyl (C=O) groups excluding carboxylic acids is 3. The van der Waals surface area contributed by atoms with E-state index in [1.807, 2.05) is 67.3 Å². The third-order valence-corrected chi connectivity index (χ3v) is 7.31. The molecule has 2 aliphatic heterocycles. The Kier molecular flexibility index (Phi) is 7.86. The van der Waals surface area contributed by atoms with Crippen LogP contribution >= 0.6 is 0 Å². The maximum absolute atomic E-state index is 13.2. The Hall–Kier alpha value is -3.19. The summed E-state index contributed by atoms with van der Waals surface area (Å²) in [5, 5.41) is 5.64.